The van der Waals surface area contributed by atoms with E-state index in [-0.39, 0.29) is 19.3 Å². The van der Waals surface area contributed by atoms with Crippen LogP contribution in [0.4, 0.5) is 0 Å². The molecule has 0 amide bonds. The highest BCUT2D eigenvalue weighted by atomic mass is 16.5. The van der Waals surface area contributed by atoms with Crippen LogP contribution >= 0.6 is 0 Å². The summed E-state index contributed by atoms with van der Waals surface area (Å²) in [6.07, 6.45) is 1.91. The third-order valence-corrected chi connectivity index (χ3v) is 2.04. The maximum atomic E-state index is 11.2. The Balaban J connectivity index is 3.92. The van der Waals surface area contributed by atoms with Crippen molar-refractivity contribution in [2.75, 3.05) is 0 Å². The van der Waals surface area contributed by atoms with Crippen LogP contribution < -0.4 is 0 Å². The van der Waals surface area contributed by atoms with E-state index in [0.29, 0.717) is 6.42 Å². The van der Waals surface area contributed by atoms with Crippen LogP contribution in [0.25, 0.3) is 0 Å². The Kier molecular flexibility index (Phi) is 7.86. The van der Waals surface area contributed by atoms with Crippen LogP contribution in [0.1, 0.15) is 45.4 Å². The molecule has 0 radical (unpaired) electrons. The SMILES string of the molecule is CCCCC(CC#N)OC(=O)CCC(=O)O. The van der Waals surface area contributed by atoms with E-state index >= 15 is 0 Å². The summed E-state index contributed by atoms with van der Waals surface area (Å²) in [6.45, 7) is 2.01. The second-order valence-corrected chi connectivity index (χ2v) is 3.51. The first-order chi connectivity index (χ1) is 7.60. The van der Waals surface area contributed by atoms with E-state index in [1.165, 1.54) is 0 Å². The van der Waals surface area contributed by atoms with E-state index in [0.717, 1.165) is 12.8 Å². The van der Waals surface area contributed by atoms with Gasteiger partial charge in [0.2, 0.25) is 0 Å². The number of carboxylic acids is 1. The molecule has 5 heteroatoms. The van der Waals surface area contributed by atoms with Crippen molar-refractivity contribution in [1.29, 1.82) is 5.26 Å². The number of carboxylic acid groups (broad SMARTS) is 1. The normalized spacial score (nSPS) is 11.5. The summed E-state index contributed by atoms with van der Waals surface area (Å²) in [5.74, 6) is -1.57. The van der Waals surface area contributed by atoms with E-state index in [1.54, 1.807) is 0 Å². The fourth-order valence-corrected chi connectivity index (χ4v) is 1.19. The first-order valence-electron chi connectivity index (χ1n) is 5.38. The molecule has 0 aromatic heterocycles. The van der Waals surface area contributed by atoms with Crippen LogP contribution in [-0.4, -0.2) is 23.1 Å². The van der Waals surface area contributed by atoms with E-state index in [2.05, 4.69) is 0 Å². The Morgan fingerprint density at radius 2 is 2.12 bits per heavy atom. The average molecular weight is 227 g/mol. The molecule has 0 bridgehead atoms. The van der Waals surface area contributed by atoms with E-state index in [1.807, 2.05) is 13.0 Å². The molecule has 5 nitrogen and oxygen atoms in total. The van der Waals surface area contributed by atoms with Gasteiger partial charge in [-0.15, -0.1) is 0 Å². The molecule has 1 N–H and O–H groups in total. The van der Waals surface area contributed by atoms with Crippen LogP contribution in [0.2, 0.25) is 0 Å². The van der Waals surface area contributed by atoms with E-state index in [4.69, 9.17) is 15.1 Å². The number of nitriles is 1. The molecule has 0 aliphatic rings. The smallest absolute Gasteiger partial charge is 0.306 e. The van der Waals surface area contributed by atoms with Crippen molar-refractivity contribution in [3.05, 3.63) is 0 Å². The van der Waals surface area contributed by atoms with Crippen molar-refractivity contribution in [2.45, 2.75) is 51.6 Å². The highest BCUT2D eigenvalue weighted by Crippen LogP contribution is 2.10. The van der Waals surface area contributed by atoms with Gasteiger partial charge >= 0.3 is 11.9 Å². The maximum absolute atomic E-state index is 11.2. The van der Waals surface area contributed by atoms with Gasteiger partial charge in [0.25, 0.3) is 0 Å². The molecule has 0 spiro atoms. The minimum Gasteiger partial charge on any atom is -0.481 e. The highest BCUT2D eigenvalue weighted by molar-refractivity contribution is 5.76. The minimum absolute atomic E-state index is 0.136. The zero-order valence-electron chi connectivity index (χ0n) is 9.44. The van der Waals surface area contributed by atoms with Crippen LogP contribution in [0.5, 0.6) is 0 Å². The number of aliphatic carboxylic acids is 1. The van der Waals surface area contributed by atoms with Gasteiger partial charge in [-0.05, 0) is 6.42 Å². The highest BCUT2D eigenvalue weighted by Gasteiger charge is 2.14. The molecule has 0 saturated carbocycles. The topological polar surface area (TPSA) is 87.4 Å². The Bertz CT molecular complexity index is 270. The number of carbonyl (C=O) groups is 2. The van der Waals surface area contributed by atoms with Gasteiger partial charge < -0.3 is 9.84 Å². The number of ether oxygens (including phenoxy) is 1. The average Bonchev–Trinajstić information content (AvgIpc) is 2.23. The number of rotatable bonds is 8. The molecular formula is C11H17NO4. The first kappa shape index (κ1) is 14.4. The third kappa shape index (κ3) is 7.80. The summed E-state index contributed by atoms with van der Waals surface area (Å²) >= 11 is 0. The molecule has 0 rings (SSSR count). The minimum atomic E-state index is -1.03. The van der Waals surface area contributed by atoms with Crippen LogP contribution in [-0.2, 0) is 14.3 Å². The lowest BCUT2D eigenvalue weighted by molar-refractivity contribution is -0.152. The van der Waals surface area contributed by atoms with Gasteiger partial charge in [0.05, 0.1) is 25.3 Å². The lowest BCUT2D eigenvalue weighted by Gasteiger charge is -2.14. The number of carbonyl (C=O) groups excluding carboxylic acids is 1. The van der Waals surface area contributed by atoms with Crippen molar-refractivity contribution in [3.63, 3.8) is 0 Å². The number of hydrogen-bond acceptors (Lipinski definition) is 4. The lowest BCUT2D eigenvalue weighted by Crippen LogP contribution is -2.18. The predicted molar refractivity (Wildman–Crippen MR) is 56.5 cm³/mol. The third-order valence-electron chi connectivity index (χ3n) is 2.04. The molecule has 90 valence electrons. The monoisotopic (exact) mass is 227 g/mol. The van der Waals surface area contributed by atoms with Crippen LogP contribution in [0.3, 0.4) is 0 Å². The Hall–Kier alpha value is -1.57. The molecule has 0 fully saturated rings. The summed E-state index contributed by atoms with van der Waals surface area (Å²) in [5, 5.41) is 16.9. The van der Waals surface area contributed by atoms with Gasteiger partial charge in [-0.3, -0.25) is 9.59 Å². The fraction of sp³-hybridized carbons (Fsp3) is 0.727. The quantitative estimate of drug-likeness (QED) is 0.639. The summed E-state index contributed by atoms with van der Waals surface area (Å²) < 4.78 is 5.02. The molecule has 0 aromatic rings. The summed E-state index contributed by atoms with van der Waals surface area (Å²) in [5.41, 5.74) is 0. The second-order valence-electron chi connectivity index (χ2n) is 3.51. The number of esters is 1. The summed E-state index contributed by atoms with van der Waals surface area (Å²) in [6, 6.07) is 1.95. The van der Waals surface area contributed by atoms with Gasteiger partial charge in [0, 0.05) is 0 Å². The van der Waals surface area contributed by atoms with Gasteiger partial charge in [0.1, 0.15) is 6.10 Å². The number of hydrogen-bond donors (Lipinski definition) is 1. The molecule has 0 aromatic carbocycles. The molecule has 0 heterocycles. The molecule has 0 aliphatic heterocycles. The van der Waals surface area contributed by atoms with Crippen molar-refractivity contribution < 1.29 is 19.4 Å². The first-order valence-corrected chi connectivity index (χ1v) is 5.38. The number of nitrogens with zero attached hydrogens (tertiary/aromatic N) is 1. The Morgan fingerprint density at radius 3 is 2.62 bits per heavy atom. The van der Waals surface area contributed by atoms with Crippen molar-refractivity contribution in [2.24, 2.45) is 0 Å². The van der Waals surface area contributed by atoms with E-state index in [9.17, 15) is 9.59 Å². The zero-order chi connectivity index (χ0) is 12.4. The molecule has 0 aliphatic carbocycles. The number of unbranched alkanes of at least 4 members (excludes halogenated alkanes) is 1. The standard InChI is InChI=1S/C11H17NO4/c1-2-3-4-9(7-8-12)16-11(15)6-5-10(13)14/h9H,2-7H2,1H3,(H,13,14). The fourth-order valence-electron chi connectivity index (χ4n) is 1.19. The van der Waals surface area contributed by atoms with Crippen molar-refractivity contribution >= 4 is 11.9 Å². The van der Waals surface area contributed by atoms with Crippen molar-refractivity contribution in [3.8, 4) is 6.07 Å². The van der Waals surface area contributed by atoms with Gasteiger partial charge in [-0.25, -0.2) is 0 Å². The van der Waals surface area contributed by atoms with Gasteiger partial charge in [-0.2, -0.15) is 5.26 Å². The van der Waals surface area contributed by atoms with Crippen LogP contribution in [0.15, 0.2) is 0 Å². The summed E-state index contributed by atoms with van der Waals surface area (Å²) in [4.78, 5) is 21.4. The predicted octanol–water partition coefficient (Wildman–Crippen LogP) is 1.87. The molecule has 16 heavy (non-hydrogen) atoms. The van der Waals surface area contributed by atoms with Gasteiger partial charge in [-0.1, -0.05) is 19.8 Å². The molecule has 1 atom stereocenters. The molecular weight excluding hydrogens is 210 g/mol. The maximum Gasteiger partial charge on any atom is 0.306 e. The largest absolute Gasteiger partial charge is 0.481 e. The van der Waals surface area contributed by atoms with Crippen molar-refractivity contribution in [1.82, 2.24) is 0 Å². The molecule has 1 unspecified atom stereocenters. The Labute approximate surface area is 95.0 Å². The molecule has 0 saturated heterocycles. The van der Waals surface area contributed by atoms with Gasteiger partial charge in [0.15, 0.2) is 0 Å². The Morgan fingerprint density at radius 1 is 1.44 bits per heavy atom. The van der Waals surface area contributed by atoms with Crippen LogP contribution in [0, 0.1) is 11.3 Å². The van der Waals surface area contributed by atoms with E-state index < -0.39 is 18.0 Å². The summed E-state index contributed by atoms with van der Waals surface area (Å²) in [7, 11) is 0. The second kappa shape index (κ2) is 8.72. The zero-order valence-corrected chi connectivity index (χ0v) is 9.44. The lowest BCUT2D eigenvalue weighted by atomic mass is 10.1.